The topological polar surface area (TPSA) is 72.7 Å². The molecule has 1 N–H and O–H groups in total. The van der Waals surface area contributed by atoms with E-state index < -0.39 is 5.97 Å². The maximum absolute atomic E-state index is 13.2. The van der Waals surface area contributed by atoms with Crippen LogP contribution in [0.15, 0.2) is 48.8 Å². The van der Waals surface area contributed by atoms with Crippen LogP contribution in [0.1, 0.15) is 16.1 Å². The number of carbonyl (C=O) groups excluding carboxylic acids is 2. The van der Waals surface area contributed by atoms with E-state index in [1.54, 1.807) is 30.5 Å². The van der Waals surface area contributed by atoms with Gasteiger partial charge in [-0.05, 0) is 24.3 Å². The minimum Gasteiger partial charge on any atom is -0.465 e. The molecule has 3 rings (SSSR count). The molecule has 0 unspecified atom stereocenters. The number of rotatable bonds is 4. The van der Waals surface area contributed by atoms with Gasteiger partial charge >= 0.3 is 5.97 Å². The van der Waals surface area contributed by atoms with Gasteiger partial charge in [-0.15, -0.1) is 0 Å². The second kappa shape index (κ2) is 6.49. The zero-order valence-electron chi connectivity index (χ0n) is 12.8. The van der Waals surface area contributed by atoms with Crippen LogP contribution in [0.2, 0.25) is 0 Å². The van der Waals surface area contributed by atoms with Gasteiger partial charge in [0.1, 0.15) is 11.5 Å². The number of aromatic nitrogens is 2. The summed E-state index contributed by atoms with van der Waals surface area (Å²) in [6.45, 7) is 0. The van der Waals surface area contributed by atoms with Gasteiger partial charge in [-0.1, -0.05) is 12.1 Å². The van der Waals surface area contributed by atoms with Crippen molar-refractivity contribution in [1.29, 1.82) is 0 Å². The quantitative estimate of drug-likeness (QED) is 0.747. The van der Waals surface area contributed by atoms with Crippen molar-refractivity contribution in [1.82, 2.24) is 9.38 Å². The minimum atomic E-state index is -0.533. The standard InChI is InChI=1S/C17H14FN3O3/c1-24-17(23)13-4-2-3-5-14(13)20-16(22)8-12-10-21-9-11(18)6-7-15(21)19-12/h2-7,9-10H,8H2,1H3,(H,20,22). The predicted octanol–water partition coefficient (Wildman–Crippen LogP) is 2.44. The molecule has 122 valence electrons. The number of nitrogens with zero attached hydrogens (tertiary/aromatic N) is 2. The van der Waals surface area contributed by atoms with Crippen molar-refractivity contribution in [2.24, 2.45) is 0 Å². The van der Waals surface area contributed by atoms with Crippen molar-refractivity contribution in [2.75, 3.05) is 12.4 Å². The first kappa shape index (κ1) is 15.7. The molecule has 2 aromatic heterocycles. The highest BCUT2D eigenvalue weighted by atomic mass is 19.1. The van der Waals surface area contributed by atoms with Crippen molar-refractivity contribution >= 4 is 23.2 Å². The molecule has 0 spiro atoms. The van der Waals surface area contributed by atoms with Crippen LogP contribution in [0.5, 0.6) is 0 Å². The van der Waals surface area contributed by atoms with Gasteiger partial charge in [0.15, 0.2) is 0 Å². The Balaban J connectivity index is 1.77. The average molecular weight is 327 g/mol. The largest absolute Gasteiger partial charge is 0.465 e. The molecule has 0 fully saturated rings. The van der Waals surface area contributed by atoms with E-state index in [1.807, 2.05) is 0 Å². The van der Waals surface area contributed by atoms with Crippen molar-refractivity contribution in [2.45, 2.75) is 6.42 Å². The summed E-state index contributed by atoms with van der Waals surface area (Å²) >= 11 is 0. The number of pyridine rings is 1. The Morgan fingerprint density at radius 2 is 2.00 bits per heavy atom. The maximum Gasteiger partial charge on any atom is 0.339 e. The lowest BCUT2D eigenvalue weighted by Crippen LogP contribution is -2.17. The smallest absolute Gasteiger partial charge is 0.339 e. The van der Waals surface area contributed by atoms with E-state index in [0.29, 0.717) is 17.0 Å². The molecule has 0 bridgehead atoms. The molecule has 0 radical (unpaired) electrons. The molecule has 6 nitrogen and oxygen atoms in total. The Hall–Kier alpha value is -3.22. The molecular weight excluding hydrogens is 313 g/mol. The van der Waals surface area contributed by atoms with Crippen molar-refractivity contribution in [3.8, 4) is 0 Å². The molecule has 1 aromatic carbocycles. The number of benzene rings is 1. The third kappa shape index (κ3) is 3.24. The molecule has 1 amide bonds. The van der Waals surface area contributed by atoms with Crippen molar-refractivity contribution < 1.29 is 18.7 Å². The van der Waals surface area contributed by atoms with Gasteiger partial charge in [0.25, 0.3) is 0 Å². The highest BCUT2D eigenvalue weighted by Crippen LogP contribution is 2.16. The number of halogens is 1. The van der Waals surface area contributed by atoms with E-state index in [4.69, 9.17) is 0 Å². The zero-order valence-corrected chi connectivity index (χ0v) is 12.8. The minimum absolute atomic E-state index is 0.00118. The molecule has 24 heavy (non-hydrogen) atoms. The molecular formula is C17H14FN3O3. The summed E-state index contributed by atoms with van der Waals surface area (Å²) in [6, 6.07) is 9.40. The number of carbonyl (C=O) groups is 2. The molecule has 0 saturated heterocycles. The molecule has 7 heteroatoms. The Morgan fingerprint density at radius 1 is 1.21 bits per heavy atom. The third-order valence-electron chi connectivity index (χ3n) is 3.41. The van der Waals surface area contributed by atoms with Crippen LogP contribution in [0.3, 0.4) is 0 Å². The van der Waals surface area contributed by atoms with E-state index in [0.717, 1.165) is 0 Å². The molecule has 3 aromatic rings. The predicted molar refractivity (Wildman–Crippen MR) is 85.3 cm³/mol. The summed E-state index contributed by atoms with van der Waals surface area (Å²) in [5.41, 5.74) is 1.68. The van der Waals surface area contributed by atoms with E-state index in [-0.39, 0.29) is 23.7 Å². The maximum atomic E-state index is 13.2. The van der Waals surface area contributed by atoms with Gasteiger partial charge in [-0.3, -0.25) is 4.79 Å². The number of imidazole rings is 1. The molecule has 0 aliphatic carbocycles. The second-order valence-electron chi connectivity index (χ2n) is 5.11. The van der Waals surface area contributed by atoms with Gasteiger partial charge in [0.2, 0.25) is 5.91 Å². The monoisotopic (exact) mass is 327 g/mol. The Labute approximate surface area is 136 Å². The lowest BCUT2D eigenvalue weighted by molar-refractivity contribution is -0.115. The number of hydrogen-bond acceptors (Lipinski definition) is 4. The second-order valence-corrected chi connectivity index (χ2v) is 5.11. The van der Waals surface area contributed by atoms with Crippen LogP contribution in [0.25, 0.3) is 5.65 Å². The lowest BCUT2D eigenvalue weighted by atomic mass is 10.1. The summed E-state index contributed by atoms with van der Waals surface area (Å²) in [5.74, 6) is -1.26. The number of para-hydroxylation sites is 1. The average Bonchev–Trinajstić information content (AvgIpc) is 2.95. The number of methoxy groups -OCH3 is 1. The van der Waals surface area contributed by atoms with E-state index in [9.17, 15) is 14.0 Å². The number of ether oxygens (including phenoxy) is 1. The Bertz CT molecular complexity index is 920. The first-order chi connectivity index (χ1) is 11.6. The first-order valence-corrected chi connectivity index (χ1v) is 7.17. The highest BCUT2D eigenvalue weighted by Gasteiger charge is 2.14. The first-order valence-electron chi connectivity index (χ1n) is 7.17. The summed E-state index contributed by atoms with van der Waals surface area (Å²) in [4.78, 5) is 28.2. The number of anilines is 1. The van der Waals surface area contributed by atoms with Crippen LogP contribution < -0.4 is 5.32 Å². The fourth-order valence-corrected chi connectivity index (χ4v) is 2.34. The van der Waals surface area contributed by atoms with E-state index in [1.165, 1.54) is 29.8 Å². The zero-order chi connectivity index (χ0) is 17.1. The van der Waals surface area contributed by atoms with Crippen LogP contribution in [-0.2, 0) is 16.0 Å². The Kier molecular flexibility index (Phi) is 4.24. The van der Waals surface area contributed by atoms with Crippen LogP contribution in [-0.4, -0.2) is 28.4 Å². The molecule has 0 aliphatic heterocycles. The summed E-state index contributed by atoms with van der Waals surface area (Å²) in [7, 11) is 1.27. The van der Waals surface area contributed by atoms with Gasteiger partial charge in [0, 0.05) is 12.4 Å². The Morgan fingerprint density at radius 3 is 2.79 bits per heavy atom. The number of esters is 1. The fraction of sp³-hybridized carbons (Fsp3) is 0.118. The highest BCUT2D eigenvalue weighted by molar-refractivity contribution is 6.01. The van der Waals surface area contributed by atoms with E-state index in [2.05, 4.69) is 15.0 Å². The van der Waals surface area contributed by atoms with Crippen molar-refractivity contribution in [3.63, 3.8) is 0 Å². The number of amides is 1. The third-order valence-corrected chi connectivity index (χ3v) is 3.41. The van der Waals surface area contributed by atoms with E-state index >= 15 is 0 Å². The summed E-state index contributed by atoms with van der Waals surface area (Å²) in [5, 5.41) is 2.67. The number of nitrogens with one attached hydrogen (secondary N) is 1. The summed E-state index contributed by atoms with van der Waals surface area (Å²) < 4.78 is 19.4. The van der Waals surface area contributed by atoms with Crippen molar-refractivity contribution in [3.05, 3.63) is 65.9 Å². The normalized spacial score (nSPS) is 10.6. The van der Waals surface area contributed by atoms with Crippen LogP contribution >= 0.6 is 0 Å². The van der Waals surface area contributed by atoms with Crippen LogP contribution in [0, 0.1) is 5.82 Å². The molecule has 0 saturated carbocycles. The fourth-order valence-electron chi connectivity index (χ4n) is 2.34. The summed E-state index contributed by atoms with van der Waals surface area (Å²) in [6.07, 6.45) is 2.87. The lowest BCUT2D eigenvalue weighted by Gasteiger charge is -2.08. The molecule has 0 atom stereocenters. The van der Waals surface area contributed by atoms with Crippen LogP contribution in [0.4, 0.5) is 10.1 Å². The molecule has 2 heterocycles. The van der Waals surface area contributed by atoms with Gasteiger partial charge in [0.05, 0.1) is 30.5 Å². The SMILES string of the molecule is COC(=O)c1ccccc1NC(=O)Cc1cn2cc(F)ccc2n1. The van der Waals surface area contributed by atoms with Gasteiger partial charge in [-0.2, -0.15) is 0 Å². The van der Waals surface area contributed by atoms with Gasteiger partial charge < -0.3 is 14.5 Å². The number of fused-ring (bicyclic) bond motifs is 1. The number of hydrogen-bond donors (Lipinski definition) is 1. The van der Waals surface area contributed by atoms with Gasteiger partial charge in [-0.25, -0.2) is 14.2 Å². The molecule has 0 aliphatic rings.